The van der Waals surface area contributed by atoms with Crippen LogP contribution in [0.2, 0.25) is 0 Å². The summed E-state index contributed by atoms with van der Waals surface area (Å²) in [4.78, 5) is 24.0. The highest BCUT2D eigenvalue weighted by Crippen LogP contribution is 2.42. The fraction of sp³-hybridized carbons (Fsp3) is 0.304. The number of nitrogens with zero attached hydrogens (tertiary/aromatic N) is 5. The summed E-state index contributed by atoms with van der Waals surface area (Å²) < 4.78 is 7.58. The lowest BCUT2D eigenvalue weighted by Gasteiger charge is -2.15. The van der Waals surface area contributed by atoms with Gasteiger partial charge in [-0.15, -0.1) is 0 Å². The molecule has 152 valence electrons. The first-order valence-electron chi connectivity index (χ1n) is 10.3. The Hall–Kier alpha value is -3.48. The molecule has 0 N–H and O–H groups in total. The molecule has 3 aromatic rings. The third-order valence-electron chi connectivity index (χ3n) is 5.59. The van der Waals surface area contributed by atoms with E-state index in [9.17, 15) is 4.79 Å². The summed E-state index contributed by atoms with van der Waals surface area (Å²) in [6.45, 7) is 9.33. The smallest absolute Gasteiger partial charge is 0.257 e. The topological polar surface area (TPSA) is 77.0 Å². The highest BCUT2D eigenvalue weighted by atomic mass is 16.3. The molecule has 5 rings (SSSR count). The highest BCUT2D eigenvalue weighted by Gasteiger charge is 2.35. The molecule has 2 aliphatic rings. The monoisotopic (exact) mass is 401 g/mol. The molecule has 0 atom stereocenters. The van der Waals surface area contributed by atoms with Gasteiger partial charge in [0, 0.05) is 30.4 Å². The van der Waals surface area contributed by atoms with Crippen molar-refractivity contribution in [3.05, 3.63) is 59.1 Å². The third kappa shape index (κ3) is 3.26. The molecule has 0 radical (unpaired) electrons. The Labute approximate surface area is 174 Å². The van der Waals surface area contributed by atoms with Crippen LogP contribution in [0.25, 0.3) is 30.1 Å². The first kappa shape index (κ1) is 18.5. The summed E-state index contributed by atoms with van der Waals surface area (Å²) >= 11 is 0. The third-order valence-corrected chi connectivity index (χ3v) is 5.59. The van der Waals surface area contributed by atoms with E-state index in [2.05, 4.69) is 28.2 Å². The average molecular weight is 401 g/mol. The van der Waals surface area contributed by atoms with Gasteiger partial charge in [-0.25, -0.2) is 14.6 Å². The molecule has 0 unspecified atom stereocenters. The Morgan fingerprint density at radius 3 is 2.80 bits per heavy atom. The number of aromatic nitrogens is 4. The lowest BCUT2D eigenvalue weighted by atomic mass is 10.1. The van der Waals surface area contributed by atoms with E-state index in [0.29, 0.717) is 34.3 Å². The molecule has 7 nitrogen and oxygen atoms in total. The molecular formula is C23H23N5O2. The first-order valence-corrected chi connectivity index (χ1v) is 10.3. The number of allylic oxidation sites excluding steroid dienone is 1. The van der Waals surface area contributed by atoms with Crippen LogP contribution in [0.15, 0.2) is 41.6 Å². The van der Waals surface area contributed by atoms with Gasteiger partial charge < -0.3 is 9.32 Å². The maximum absolute atomic E-state index is 13.0. The molecule has 4 heterocycles. The van der Waals surface area contributed by atoms with Crippen molar-refractivity contribution in [1.82, 2.24) is 24.6 Å². The summed E-state index contributed by atoms with van der Waals surface area (Å²) in [5.74, 6) is 1.43. The maximum Gasteiger partial charge on any atom is 0.257 e. The van der Waals surface area contributed by atoms with Crippen molar-refractivity contribution in [2.45, 2.75) is 31.6 Å². The van der Waals surface area contributed by atoms with Gasteiger partial charge in [-0.1, -0.05) is 19.2 Å². The van der Waals surface area contributed by atoms with E-state index < -0.39 is 0 Å². The predicted molar refractivity (Wildman–Crippen MR) is 113 cm³/mol. The largest absolute Gasteiger partial charge is 0.454 e. The Kier molecular flexibility index (Phi) is 4.58. The average Bonchev–Trinajstić information content (AvgIpc) is 3.16. The van der Waals surface area contributed by atoms with E-state index >= 15 is 0 Å². The van der Waals surface area contributed by atoms with Crippen LogP contribution in [-0.2, 0) is 0 Å². The van der Waals surface area contributed by atoms with Crippen molar-refractivity contribution in [3.8, 4) is 17.4 Å². The second-order valence-electron chi connectivity index (χ2n) is 7.77. The van der Waals surface area contributed by atoms with Crippen LogP contribution in [0.5, 0.6) is 0 Å². The van der Waals surface area contributed by atoms with Crippen LogP contribution < -0.4 is 10.6 Å². The fourth-order valence-corrected chi connectivity index (χ4v) is 3.93. The molecule has 3 aromatic heterocycles. The Balaban J connectivity index is 1.55. The Bertz CT molecular complexity index is 1230. The molecule has 7 heteroatoms. The number of hydrogen-bond donors (Lipinski definition) is 0. The SMILES string of the molecule is C=C/C=c1/oc(-c2ccnc(-n3ncc(C(=O)N4CCCC4)c3C3CC3)n2)cc1=C. The van der Waals surface area contributed by atoms with Gasteiger partial charge in [0.05, 0.1) is 17.5 Å². The van der Waals surface area contributed by atoms with Gasteiger partial charge in [-0.2, -0.15) is 5.10 Å². The lowest BCUT2D eigenvalue weighted by molar-refractivity contribution is 0.0791. The molecular weight excluding hydrogens is 378 g/mol. The molecule has 2 fully saturated rings. The molecule has 0 aromatic carbocycles. The summed E-state index contributed by atoms with van der Waals surface area (Å²) in [7, 11) is 0. The number of carbonyl (C=O) groups is 1. The van der Waals surface area contributed by atoms with E-state index in [1.807, 2.05) is 11.0 Å². The van der Waals surface area contributed by atoms with Crippen molar-refractivity contribution in [3.63, 3.8) is 0 Å². The van der Waals surface area contributed by atoms with E-state index in [1.54, 1.807) is 35.3 Å². The Morgan fingerprint density at radius 2 is 2.07 bits per heavy atom. The highest BCUT2D eigenvalue weighted by molar-refractivity contribution is 5.95. The minimum absolute atomic E-state index is 0.0640. The zero-order chi connectivity index (χ0) is 20.7. The second-order valence-corrected chi connectivity index (χ2v) is 7.77. The van der Waals surface area contributed by atoms with Gasteiger partial charge in [-0.3, -0.25) is 4.79 Å². The van der Waals surface area contributed by atoms with E-state index in [1.165, 1.54) is 0 Å². The van der Waals surface area contributed by atoms with Gasteiger partial charge in [0.1, 0.15) is 11.1 Å². The standard InChI is InChI=1S/C23H23N5O2/c1-3-6-19-15(2)13-20(30-19)18-9-10-24-23(26-18)28-21(16-7-8-16)17(14-25-28)22(29)27-11-4-5-12-27/h3,6,9-10,13-14,16H,1-2,4-5,7-8,11-12H2/b19-6+. The zero-order valence-corrected chi connectivity index (χ0v) is 16.8. The number of hydrogen-bond acceptors (Lipinski definition) is 5. The first-order chi connectivity index (χ1) is 14.7. The van der Waals surface area contributed by atoms with Crippen molar-refractivity contribution < 1.29 is 9.21 Å². The van der Waals surface area contributed by atoms with E-state index in [0.717, 1.165) is 49.7 Å². The van der Waals surface area contributed by atoms with Crippen molar-refractivity contribution >= 4 is 18.6 Å². The molecule has 1 saturated carbocycles. The molecule has 0 bridgehead atoms. The summed E-state index contributed by atoms with van der Waals surface area (Å²) in [5.41, 5.74) is 2.88. The molecule has 1 amide bonds. The van der Waals surface area contributed by atoms with Gasteiger partial charge >= 0.3 is 0 Å². The minimum Gasteiger partial charge on any atom is -0.454 e. The van der Waals surface area contributed by atoms with Crippen LogP contribution in [0.4, 0.5) is 0 Å². The van der Waals surface area contributed by atoms with Crippen molar-refractivity contribution in [2.24, 2.45) is 0 Å². The normalized spacial score (nSPS) is 16.9. The second kappa shape index (κ2) is 7.40. The van der Waals surface area contributed by atoms with Crippen LogP contribution >= 0.6 is 0 Å². The van der Waals surface area contributed by atoms with Crippen molar-refractivity contribution in [1.29, 1.82) is 0 Å². The van der Waals surface area contributed by atoms with E-state index in [-0.39, 0.29) is 5.91 Å². The number of furan rings is 1. The van der Waals surface area contributed by atoms with Gasteiger partial charge in [0.2, 0.25) is 0 Å². The Morgan fingerprint density at radius 1 is 1.27 bits per heavy atom. The van der Waals surface area contributed by atoms with Crippen molar-refractivity contribution in [2.75, 3.05) is 13.1 Å². The summed E-state index contributed by atoms with van der Waals surface area (Å²) in [6, 6.07) is 3.63. The zero-order valence-electron chi connectivity index (χ0n) is 16.8. The van der Waals surface area contributed by atoms with Gasteiger partial charge in [-0.05, 0) is 43.9 Å². The fourth-order valence-electron chi connectivity index (χ4n) is 3.93. The lowest BCUT2D eigenvalue weighted by Crippen LogP contribution is -2.28. The molecule has 30 heavy (non-hydrogen) atoms. The predicted octanol–water partition coefficient (Wildman–Crippen LogP) is 2.41. The quantitative estimate of drug-likeness (QED) is 0.656. The molecule has 1 saturated heterocycles. The van der Waals surface area contributed by atoms with Crippen LogP contribution in [0.3, 0.4) is 0 Å². The van der Waals surface area contributed by atoms with Crippen LogP contribution in [0, 0.1) is 0 Å². The number of rotatable bonds is 5. The van der Waals surface area contributed by atoms with Gasteiger partial charge in [0.15, 0.2) is 5.76 Å². The number of likely N-dealkylation sites (tertiary alicyclic amines) is 1. The molecule has 1 aliphatic carbocycles. The number of carbonyl (C=O) groups excluding carboxylic acids is 1. The summed E-state index contributed by atoms with van der Waals surface area (Å²) in [5, 5.41) is 5.27. The molecule has 0 spiro atoms. The van der Waals surface area contributed by atoms with Gasteiger partial charge in [0.25, 0.3) is 11.9 Å². The molecule has 1 aliphatic heterocycles. The minimum atomic E-state index is 0.0640. The van der Waals surface area contributed by atoms with Crippen LogP contribution in [-0.4, -0.2) is 43.6 Å². The van der Waals surface area contributed by atoms with Crippen LogP contribution in [0.1, 0.15) is 47.7 Å². The van der Waals surface area contributed by atoms with E-state index in [4.69, 9.17) is 4.42 Å². The number of amides is 1. The summed E-state index contributed by atoms with van der Waals surface area (Å²) in [6.07, 6.45) is 11.0. The maximum atomic E-state index is 13.0.